The number of hydrogen-bond donors (Lipinski definition) is 2. The molecule has 100 valence electrons. The third-order valence-corrected chi connectivity index (χ3v) is 2.88. The lowest BCUT2D eigenvalue weighted by molar-refractivity contribution is -0.126. The van der Waals surface area contributed by atoms with Crippen molar-refractivity contribution in [3.63, 3.8) is 0 Å². The Balaban J connectivity index is 2.74. The summed E-state index contributed by atoms with van der Waals surface area (Å²) in [6.45, 7) is 8.37. The van der Waals surface area contributed by atoms with Crippen molar-refractivity contribution in [3.05, 3.63) is 35.4 Å². The largest absolute Gasteiger partial charge is 0.351 e. The van der Waals surface area contributed by atoms with Crippen LogP contribution in [-0.4, -0.2) is 18.0 Å². The molecular formula is C15H24N2O. The van der Waals surface area contributed by atoms with Gasteiger partial charge in [0.1, 0.15) is 0 Å². The highest BCUT2D eigenvalue weighted by atomic mass is 16.2. The Morgan fingerprint density at radius 2 is 1.94 bits per heavy atom. The summed E-state index contributed by atoms with van der Waals surface area (Å²) in [7, 11) is 0. The molecule has 0 aliphatic heterocycles. The van der Waals surface area contributed by atoms with Crippen LogP contribution in [0.1, 0.15) is 31.9 Å². The molecule has 0 fully saturated rings. The predicted octanol–water partition coefficient (Wildman–Crippen LogP) is 2.03. The van der Waals surface area contributed by atoms with Gasteiger partial charge in [-0.05, 0) is 45.2 Å². The number of rotatable bonds is 4. The molecule has 0 bridgehead atoms. The highest BCUT2D eigenvalue weighted by molar-refractivity contribution is 5.79. The van der Waals surface area contributed by atoms with Gasteiger partial charge in [0.2, 0.25) is 5.91 Å². The highest BCUT2D eigenvalue weighted by Gasteiger charge is 2.22. The first-order chi connectivity index (χ1) is 8.33. The zero-order valence-corrected chi connectivity index (χ0v) is 11.8. The second-order valence-corrected chi connectivity index (χ2v) is 5.80. The number of carbonyl (C=O) groups is 1. The van der Waals surface area contributed by atoms with Gasteiger partial charge in [0, 0.05) is 12.1 Å². The van der Waals surface area contributed by atoms with E-state index in [-0.39, 0.29) is 17.4 Å². The number of hydrogen-bond acceptors (Lipinski definition) is 2. The van der Waals surface area contributed by atoms with E-state index in [4.69, 9.17) is 5.73 Å². The van der Waals surface area contributed by atoms with Crippen molar-refractivity contribution >= 4 is 5.91 Å². The molecule has 1 amide bonds. The molecule has 0 spiro atoms. The lowest BCUT2D eigenvalue weighted by atomic mass is 9.94. The van der Waals surface area contributed by atoms with Gasteiger partial charge in [0.25, 0.3) is 0 Å². The molecule has 1 aromatic carbocycles. The Labute approximate surface area is 110 Å². The van der Waals surface area contributed by atoms with Gasteiger partial charge in [0.15, 0.2) is 0 Å². The normalized spacial score (nSPS) is 13.2. The molecule has 1 unspecified atom stereocenters. The summed E-state index contributed by atoms with van der Waals surface area (Å²) in [6, 6.07) is 8.12. The molecule has 0 saturated heterocycles. The number of amides is 1. The molecule has 18 heavy (non-hydrogen) atoms. The van der Waals surface area contributed by atoms with Crippen molar-refractivity contribution in [2.24, 2.45) is 11.7 Å². The number of nitrogens with one attached hydrogen (secondary N) is 1. The van der Waals surface area contributed by atoms with Gasteiger partial charge in [-0.3, -0.25) is 4.79 Å². The molecule has 1 rings (SSSR count). The average molecular weight is 248 g/mol. The van der Waals surface area contributed by atoms with Gasteiger partial charge in [-0.1, -0.05) is 24.3 Å². The van der Waals surface area contributed by atoms with Gasteiger partial charge in [-0.15, -0.1) is 0 Å². The molecule has 0 aliphatic rings. The van der Waals surface area contributed by atoms with Crippen LogP contribution < -0.4 is 11.1 Å². The van der Waals surface area contributed by atoms with Crippen LogP contribution in [0.4, 0.5) is 0 Å². The van der Waals surface area contributed by atoms with Gasteiger partial charge in [0.05, 0.1) is 5.92 Å². The fraction of sp³-hybridized carbons (Fsp3) is 0.533. The molecule has 0 heterocycles. The molecule has 3 N–H and O–H groups in total. The lowest BCUT2D eigenvalue weighted by Gasteiger charge is -2.24. The number of nitrogens with two attached hydrogens (primary N) is 1. The summed E-state index contributed by atoms with van der Waals surface area (Å²) in [5.41, 5.74) is 7.92. The zero-order valence-electron chi connectivity index (χ0n) is 11.8. The summed E-state index contributed by atoms with van der Waals surface area (Å²) in [4.78, 5) is 12.1. The SMILES string of the molecule is Cc1ccccc1CC(CN)C(=O)NC(C)(C)C. The van der Waals surface area contributed by atoms with E-state index in [1.165, 1.54) is 11.1 Å². The van der Waals surface area contributed by atoms with E-state index in [2.05, 4.69) is 24.4 Å². The predicted molar refractivity (Wildman–Crippen MR) is 75.3 cm³/mol. The molecule has 0 aliphatic carbocycles. The third kappa shape index (κ3) is 4.49. The minimum Gasteiger partial charge on any atom is -0.351 e. The summed E-state index contributed by atoms with van der Waals surface area (Å²) in [5.74, 6) is -0.126. The monoisotopic (exact) mass is 248 g/mol. The molecule has 0 saturated carbocycles. The molecular weight excluding hydrogens is 224 g/mol. The Morgan fingerprint density at radius 3 is 2.44 bits per heavy atom. The molecule has 0 radical (unpaired) electrons. The first-order valence-electron chi connectivity index (χ1n) is 6.40. The van der Waals surface area contributed by atoms with Gasteiger partial charge >= 0.3 is 0 Å². The van der Waals surface area contributed by atoms with Crippen LogP contribution in [0.15, 0.2) is 24.3 Å². The number of aryl methyl sites for hydroxylation is 1. The van der Waals surface area contributed by atoms with Crippen molar-refractivity contribution in [1.82, 2.24) is 5.32 Å². The molecule has 3 nitrogen and oxygen atoms in total. The van der Waals surface area contributed by atoms with E-state index in [0.29, 0.717) is 13.0 Å². The standard InChI is InChI=1S/C15H24N2O/c1-11-7-5-6-8-12(11)9-13(10-16)14(18)17-15(2,3)4/h5-8,13H,9-10,16H2,1-4H3,(H,17,18). The van der Waals surface area contributed by atoms with Crippen LogP contribution in [-0.2, 0) is 11.2 Å². The van der Waals surface area contributed by atoms with Crippen LogP contribution in [0.5, 0.6) is 0 Å². The average Bonchev–Trinajstić information content (AvgIpc) is 2.25. The fourth-order valence-corrected chi connectivity index (χ4v) is 1.86. The van der Waals surface area contributed by atoms with Gasteiger partial charge in [-0.25, -0.2) is 0 Å². The van der Waals surface area contributed by atoms with Gasteiger partial charge < -0.3 is 11.1 Å². The summed E-state index contributed by atoms with van der Waals surface area (Å²) < 4.78 is 0. The third-order valence-electron chi connectivity index (χ3n) is 2.88. The summed E-state index contributed by atoms with van der Waals surface area (Å²) in [6.07, 6.45) is 0.699. The van der Waals surface area contributed by atoms with Crippen LogP contribution >= 0.6 is 0 Å². The van der Waals surface area contributed by atoms with Crippen molar-refractivity contribution in [2.45, 2.75) is 39.7 Å². The Kier molecular flexibility index (Phi) is 4.91. The Hall–Kier alpha value is -1.35. The smallest absolute Gasteiger partial charge is 0.225 e. The fourth-order valence-electron chi connectivity index (χ4n) is 1.86. The van der Waals surface area contributed by atoms with E-state index in [0.717, 1.165) is 0 Å². The molecule has 3 heteroatoms. The van der Waals surface area contributed by atoms with E-state index >= 15 is 0 Å². The number of benzene rings is 1. The lowest BCUT2D eigenvalue weighted by Crippen LogP contribution is -2.46. The van der Waals surface area contributed by atoms with Crippen molar-refractivity contribution in [3.8, 4) is 0 Å². The summed E-state index contributed by atoms with van der Waals surface area (Å²) >= 11 is 0. The highest BCUT2D eigenvalue weighted by Crippen LogP contribution is 2.14. The maximum absolute atomic E-state index is 12.1. The van der Waals surface area contributed by atoms with Crippen molar-refractivity contribution in [1.29, 1.82) is 0 Å². The molecule has 0 aromatic heterocycles. The Bertz CT molecular complexity index is 407. The zero-order chi connectivity index (χ0) is 13.8. The van der Waals surface area contributed by atoms with Crippen LogP contribution in [0.25, 0.3) is 0 Å². The first kappa shape index (κ1) is 14.7. The van der Waals surface area contributed by atoms with Crippen molar-refractivity contribution < 1.29 is 4.79 Å². The second-order valence-electron chi connectivity index (χ2n) is 5.80. The van der Waals surface area contributed by atoms with Crippen LogP contribution in [0.3, 0.4) is 0 Å². The quantitative estimate of drug-likeness (QED) is 0.856. The summed E-state index contributed by atoms with van der Waals surface area (Å²) in [5, 5.41) is 2.99. The molecule has 1 atom stereocenters. The Morgan fingerprint density at radius 1 is 1.33 bits per heavy atom. The van der Waals surface area contributed by atoms with E-state index in [1.54, 1.807) is 0 Å². The second kappa shape index (κ2) is 6.01. The molecule has 1 aromatic rings. The topological polar surface area (TPSA) is 55.1 Å². The number of carbonyl (C=O) groups excluding carboxylic acids is 1. The first-order valence-corrected chi connectivity index (χ1v) is 6.40. The minimum atomic E-state index is -0.212. The van der Waals surface area contributed by atoms with Crippen LogP contribution in [0.2, 0.25) is 0 Å². The van der Waals surface area contributed by atoms with Crippen molar-refractivity contribution in [2.75, 3.05) is 6.54 Å². The van der Waals surface area contributed by atoms with Gasteiger partial charge in [-0.2, -0.15) is 0 Å². The maximum Gasteiger partial charge on any atom is 0.225 e. The van der Waals surface area contributed by atoms with E-state index in [9.17, 15) is 4.79 Å². The minimum absolute atomic E-state index is 0.0354. The van der Waals surface area contributed by atoms with E-state index in [1.807, 2.05) is 32.9 Å². The van der Waals surface area contributed by atoms with E-state index < -0.39 is 0 Å². The maximum atomic E-state index is 12.1. The van der Waals surface area contributed by atoms with Crippen LogP contribution in [0, 0.1) is 12.8 Å².